The second kappa shape index (κ2) is 10.6. The molecule has 260 valence electrons. The van der Waals surface area contributed by atoms with Gasteiger partial charge in [0.15, 0.2) is 0 Å². The first-order valence-electron chi connectivity index (χ1n) is 19.5. The van der Waals surface area contributed by atoms with Gasteiger partial charge in [-0.3, -0.25) is 0 Å². The number of rotatable bonds is 2. The van der Waals surface area contributed by atoms with Gasteiger partial charge in [0, 0.05) is 21.6 Å². The molecule has 1 heteroatoms. The van der Waals surface area contributed by atoms with Gasteiger partial charge in [0.1, 0.15) is 11.2 Å². The van der Waals surface area contributed by atoms with Crippen LogP contribution in [-0.4, -0.2) is 0 Å². The molecule has 0 unspecified atom stereocenters. The highest BCUT2D eigenvalue weighted by atomic mass is 16.3. The second-order valence-electron chi connectivity index (χ2n) is 16.8. The van der Waals surface area contributed by atoms with E-state index in [-0.39, 0.29) is 10.8 Å². The minimum absolute atomic E-state index is 0.0571. The van der Waals surface area contributed by atoms with Gasteiger partial charge in [-0.25, -0.2) is 0 Å². The van der Waals surface area contributed by atoms with Crippen LogP contribution in [0.5, 0.6) is 0 Å². The zero-order valence-corrected chi connectivity index (χ0v) is 31.4. The molecule has 12 rings (SSSR count). The third-order valence-corrected chi connectivity index (χ3v) is 13.2. The Hall–Kier alpha value is -6.44. The lowest BCUT2D eigenvalue weighted by Crippen LogP contribution is -2.17. The Balaban J connectivity index is 1.15. The Kier molecular flexibility index (Phi) is 5.98. The summed E-state index contributed by atoms with van der Waals surface area (Å²) in [6, 6.07) is 58.9. The summed E-state index contributed by atoms with van der Waals surface area (Å²) in [5, 5.41) is 9.96. The maximum atomic E-state index is 6.26. The fourth-order valence-electron chi connectivity index (χ4n) is 10.6. The fourth-order valence-corrected chi connectivity index (χ4v) is 10.6. The summed E-state index contributed by atoms with van der Waals surface area (Å²) in [6.07, 6.45) is 0. The van der Waals surface area contributed by atoms with Crippen molar-refractivity contribution in [3.05, 3.63) is 180 Å². The summed E-state index contributed by atoms with van der Waals surface area (Å²) < 4.78 is 6.26. The Morgan fingerprint density at radius 3 is 1.51 bits per heavy atom. The quantitative estimate of drug-likeness (QED) is 0.163. The fraction of sp³-hybridized carbons (Fsp3) is 0.111. The van der Waals surface area contributed by atoms with Gasteiger partial charge in [0.25, 0.3) is 0 Å². The molecule has 0 spiro atoms. The largest absolute Gasteiger partial charge is 0.456 e. The third-order valence-electron chi connectivity index (χ3n) is 13.2. The zero-order valence-electron chi connectivity index (χ0n) is 31.4. The molecule has 0 amide bonds. The predicted octanol–water partition coefficient (Wildman–Crippen LogP) is 15.0. The molecular formula is C54H38O. The minimum Gasteiger partial charge on any atom is -0.456 e. The van der Waals surface area contributed by atoms with Gasteiger partial charge in [0.05, 0.1) is 0 Å². The van der Waals surface area contributed by atoms with E-state index in [2.05, 4.69) is 179 Å². The van der Waals surface area contributed by atoms with E-state index in [0.29, 0.717) is 0 Å². The monoisotopic (exact) mass is 702 g/mol. The average molecular weight is 703 g/mol. The van der Waals surface area contributed by atoms with Crippen LogP contribution in [0.25, 0.3) is 98.8 Å². The molecule has 9 aromatic carbocycles. The van der Waals surface area contributed by atoms with Gasteiger partial charge in [-0.1, -0.05) is 149 Å². The summed E-state index contributed by atoms with van der Waals surface area (Å²) >= 11 is 0. The Morgan fingerprint density at radius 1 is 0.309 bits per heavy atom. The van der Waals surface area contributed by atoms with Crippen molar-refractivity contribution >= 4 is 54.3 Å². The van der Waals surface area contributed by atoms with Crippen LogP contribution >= 0.6 is 0 Å². The van der Waals surface area contributed by atoms with Crippen LogP contribution in [0.3, 0.4) is 0 Å². The minimum atomic E-state index is -0.186. The van der Waals surface area contributed by atoms with Crippen LogP contribution in [0.15, 0.2) is 162 Å². The zero-order chi connectivity index (χ0) is 36.8. The molecule has 0 fully saturated rings. The molecule has 2 aliphatic carbocycles. The van der Waals surface area contributed by atoms with Crippen LogP contribution < -0.4 is 0 Å². The highest BCUT2D eigenvalue weighted by Gasteiger charge is 2.42. The average Bonchev–Trinajstić information content (AvgIpc) is 3.78. The number of hydrogen-bond donors (Lipinski definition) is 0. The number of furan rings is 1. The standard InChI is InChI=1S/C54H38O/c1-53(2)44-23-13-11-16-33(44)40-28-46-43(30-45(40)53)52-35-18-6-5-15-32(35)42(29-47(52)54(46,3)4)51-38-21-9-7-19-36(38)50(37-20-8-10-22-39(37)51)31-25-26-49-41(27-31)34-17-12-14-24-48(34)55-49/h5-30H,1-4H3. The number of benzene rings is 9. The van der Waals surface area contributed by atoms with Crippen LogP contribution in [0.1, 0.15) is 49.9 Å². The maximum Gasteiger partial charge on any atom is 0.135 e. The number of hydrogen-bond acceptors (Lipinski definition) is 1. The third kappa shape index (κ3) is 3.98. The Morgan fingerprint density at radius 2 is 0.800 bits per heavy atom. The predicted molar refractivity (Wildman–Crippen MR) is 232 cm³/mol. The lowest BCUT2D eigenvalue weighted by atomic mass is 9.78. The van der Waals surface area contributed by atoms with Crippen LogP contribution in [0, 0.1) is 0 Å². The van der Waals surface area contributed by atoms with Gasteiger partial charge in [-0.05, 0) is 135 Å². The van der Waals surface area contributed by atoms with Crippen molar-refractivity contribution in [3.63, 3.8) is 0 Å². The Bertz CT molecular complexity index is 3260. The molecule has 1 aromatic heterocycles. The molecule has 1 heterocycles. The molecule has 10 aromatic rings. The van der Waals surface area contributed by atoms with Gasteiger partial charge in [0.2, 0.25) is 0 Å². The second-order valence-corrected chi connectivity index (χ2v) is 16.8. The molecule has 0 N–H and O–H groups in total. The molecule has 0 atom stereocenters. The van der Waals surface area contributed by atoms with Crippen molar-refractivity contribution in [1.29, 1.82) is 0 Å². The Labute approximate surface area is 320 Å². The van der Waals surface area contributed by atoms with Gasteiger partial charge in [-0.2, -0.15) is 0 Å². The smallest absolute Gasteiger partial charge is 0.135 e. The molecule has 2 aliphatic rings. The molecule has 0 radical (unpaired) electrons. The van der Waals surface area contributed by atoms with Gasteiger partial charge >= 0.3 is 0 Å². The van der Waals surface area contributed by atoms with E-state index in [1.807, 2.05) is 6.07 Å². The van der Waals surface area contributed by atoms with Crippen molar-refractivity contribution in [2.75, 3.05) is 0 Å². The lowest BCUT2D eigenvalue weighted by molar-refractivity contribution is 0.652. The molecule has 0 saturated heterocycles. The molecule has 0 bridgehead atoms. The summed E-state index contributed by atoms with van der Waals surface area (Å²) in [6.45, 7) is 9.65. The highest BCUT2D eigenvalue weighted by Crippen LogP contribution is 2.59. The van der Waals surface area contributed by atoms with E-state index >= 15 is 0 Å². The molecule has 1 nitrogen and oxygen atoms in total. The normalized spacial score (nSPS) is 14.8. The maximum absolute atomic E-state index is 6.26. The van der Waals surface area contributed by atoms with E-state index in [0.717, 1.165) is 21.9 Å². The van der Waals surface area contributed by atoms with Crippen molar-refractivity contribution in [2.45, 2.75) is 38.5 Å². The van der Waals surface area contributed by atoms with Crippen LogP contribution in [0.2, 0.25) is 0 Å². The van der Waals surface area contributed by atoms with Crippen LogP contribution in [0.4, 0.5) is 0 Å². The van der Waals surface area contributed by atoms with Gasteiger partial charge < -0.3 is 4.42 Å². The first-order valence-corrected chi connectivity index (χ1v) is 19.5. The first-order chi connectivity index (χ1) is 26.8. The van der Waals surface area contributed by atoms with Crippen molar-refractivity contribution < 1.29 is 4.42 Å². The van der Waals surface area contributed by atoms with E-state index in [9.17, 15) is 0 Å². The topological polar surface area (TPSA) is 13.1 Å². The van der Waals surface area contributed by atoms with Crippen molar-refractivity contribution in [3.8, 4) is 44.5 Å². The van der Waals surface area contributed by atoms with Crippen molar-refractivity contribution in [1.82, 2.24) is 0 Å². The van der Waals surface area contributed by atoms with E-state index in [1.165, 1.54) is 99.1 Å². The summed E-state index contributed by atoms with van der Waals surface area (Å²) in [4.78, 5) is 0. The van der Waals surface area contributed by atoms with Crippen LogP contribution in [-0.2, 0) is 10.8 Å². The number of para-hydroxylation sites is 1. The van der Waals surface area contributed by atoms with E-state index < -0.39 is 0 Å². The summed E-state index contributed by atoms with van der Waals surface area (Å²) in [5.74, 6) is 0. The molecular weight excluding hydrogens is 665 g/mol. The lowest BCUT2D eigenvalue weighted by Gasteiger charge is -2.25. The van der Waals surface area contributed by atoms with Crippen molar-refractivity contribution in [2.24, 2.45) is 0 Å². The molecule has 55 heavy (non-hydrogen) atoms. The van der Waals surface area contributed by atoms with E-state index in [1.54, 1.807) is 0 Å². The first kappa shape index (κ1) is 31.0. The highest BCUT2D eigenvalue weighted by molar-refractivity contribution is 6.25. The number of fused-ring (bicyclic) bond motifs is 13. The summed E-state index contributed by atoms with van der Waals surface area (Å²) in [5.41, 5.74) is 17.9. The van der Waals surface area contributed by atoms with Gasteiger partial charge in [-0.15, -0.1) is 0 Å². The molecule has 0 saturated carbocycles. The molecule has 0 aliphatic heterocycles. The SMILES string of the molecule is CC1(C)c2ccccc2-c2cc3c(cc21)-c1c(cc(-c2c4ccccc4c(-c4ccc5oc6ccccc6c5c4)c4ccccc24)c2ccccc12)C3(C)C. The summed E-state index contributed by atoms with van der Waals surface area (Å²) in [7, 11) is 0. The van der Waals surface area contributed by atoms with E-state index in [4.69, 9.17) is 4.42 Å².